The molecule has 22 heavy (non-hydrogen) atoms. The molecule has 0 heterocycles. The number of ether oxygens (including phenoxy) is 2. The Hall–Kier alpha value is -1.75. The maximum Gasteiger partial charge on any atom is 0.251 e. The molecule has 1 aliphatic carbocycles. The highest BCUT2D eigenvalue weighted by atomic mass is 16.5. The van der Waals surface area contributed by atoms with Gasteiger partial charge in [0.05, 0.1) is 13.2 Å². The fourth-order valence-corrected chi connectivity index (χ4v) is 2.63. The standard InChI is InChI=1S/C17H25NO4/c1-11(2)18-17(20)12-8-9-15(21-3)16(10-12)22-14-7-5-4-6-13(14)19/h8-11,13-14,19H,4-7H2,1-3H3,(H,18,20). The van der Waals surface area contributed by atoms with E-state index in [1.165, 1.54) is 0 Å². The van der Waals surface area contributed by atoms with Crippen molar-refractivity contribution in [3.63, 3.8) is 0 Å². The van der Waals surface area contributed by atoms with Gasteiger partial charge in [-0.1, -0.05) is 6.42 Å². The van der Waals surface area contributed by atoms with E-state index in [0.29, 0.717) is 17.1 Å². The Morgan fingerprint density at radius 1 is 1.27 bits per heavy atom. The van der Waals surface area contributed by atoms with E-state index >= 15 is 0 Å². The Morgan fingerprint density at radius 2 is 2.00 bits per heavy atom. The number of aliphatic hydroxyl groups is 1. The maximum absolute atomic E-state index is 12.1. The SMILES string of the molecule is COc1ccc(C(=O)NC(C)C)cc1OC1CCCCC1O. The Balaban J connectivity index is 2.18. The minimum absolute atomic E-state index is 0.0686. The summed E-state index contributed by atoms with van der Waals surface area (Å²) in [6, 6.07) is 5.18. The normalized spacial score (nSPS) is 21.5. The highest BCUT2D eigenvalue weighted by molar-refractivity contribution is 5.95. The van der Waals surface area contributed by atoms with Crippen LogP contribution in [0.25, 0.3) is 0 Å². The zero-order valence-electron chi connectivity index (χ0n) is 13.5. The molecule has 2 atom stereocenters. The van der Waals surface area contributed by atoms with Crippen molar-refractivity contribution in [3.05, 3.63) is 23.8 Å². The minimum Gasteiger partial charge on any atom is -0.493 e. The number of carbonyl (C=O) groups excluding carboxylic acids is 1. The summed E-state index contributed by atoms with van der Waals surface area (Å²) in [4.78, 5) is 12.1. The van der Waals surface area contributed by atoms with Gasteiger partial charge in [-0.05, 0) is 51.3 Å². The van der Waals surface area contributed by atoms with Gasteiger partial charge in [-0.2, -0.15) is 0 Å². The number of hydrogen-bond acceptors (Lipinski definition) is 4. The van der Waals surface area contributed by atoms with E-state index in [4.69, 9.17) is 9.47 Å². The van der Waals surface area contributed by atoms with E-state index in [1.54, 1.807) is 25.3 Å². The number of hydrogen-bond donors (Lipinski definition) is 2. The van der Waals surface area contributed by atoms with Crippen LogP contribution < -0.4 is 14.8 Å². The quantitative estimate of drug-likeness (QED) is 0.877. The number of nitrogens with one attached hydrogen (secondary N) is 1. The van der Waals surface area contributed by atoms with Gasteiger partial charge >= 0.3 is 0 Å². The number of rotatable bonds is 5. The molecular weight excluding hydrogens is 282 g/mol. The fourth-order valence-electron chi connectivity index (χ4n) is 2.63. The van der Waals surface area contributed by atoms with E-state index in [-0.39, 0.29) is 18.1 Å². The Kier molecular flexibility index (Phi) is 5.66. The second kappa shape index (κ2) is 7.49. The van der Waals surface area contributed by atoms with Crippen molar-refractivity contribution in [1.82, 2.24) is 5.32 Å². The first-order valence-electron chi connectivity index (χ1n) is 7.85. The highest BCUT2D eigenvalue weighted by Crippen LogP contribution is 2.32. The molecule has 2 unspecified atom stereocenters. The van der Waals surface area contributed by atoms with Crippen LogP contribution >= 0.6 is 0 Å². The second-order valence-electron chi connectivity index (χ2n) is 6.00. The number of amides is 1. The maximum atomic E-state index is 12.1. The Bertz CT molecular complexity index is 515. The second-order valence-corrected chi connectivity index (χ2v) is 6.00. The van der Waals surface area contributed by atoms with Crippen LogP contribution in [-0.4, -0.2) is 36.4 Å². The minimum atomic E-state index is -0.466. The molecule has 0 spiro atoms. The van der Waals surface area contributed by atoms with E-state index in [9.17, 15) is 9.90 Å². The average Bonchev–Trinajstić information content (AvgIpc) is 2.49. The van der Waals surface area contributed by atoms with Crippen molar-refractivity contribution in [2.45, 2.75) is 57.8 Å². The van der Waals surface area contributed by atoms with Gasteiger partial charge in [-0.25, -0.2) is 0 Å². The van der Waals surface area contributed by atoms with Gasteiger partial charge in [0.25, 0.3) is 5.91 Å². The first-order chi connectivity index (χ1) is 10.5. The van der Waals surface area contributed by atoms with Crippen LogP contribution in [0, 0.1) is 0 Å². The molecule has 1 saturated carbocycles. The fraction of sp³-hybridized carbons (Fsp3) is 0.588. The molecule has 1 aliphatic rings. The van der Waals surface area contributed by atoms with E-state index < -0.39 is 6.10 Å². The summed E-state index contributed by atoms with van der Waals surface area (Å²) in [7, 11) is 1.56. The van der Waals surface area contributed by atoms with Gasteiger partial charge in [-0.15, -0.1) is 0 Å². The lowest BCUT2D eigenvalue weighted by atomic mass is 9.95. The molecule has 2 rings (SSSR count). The predicted octanol–water partition coefficient (Wildman–Crippen LogP) is 2.52. The van der Waals surface area contributed by atoms with Crippen LogP contribution in [0.3, 0.4) is 0 Å². The van der Waals surface area contributed by atoms with Crippen LogP contribution in [0.1, 0.15) is 49.9 Å². The predicted molar refractivity (Wildman–Crippen MR) is 84.5 cm³/mol. The van der Waals surface area contributed by atoms with E-state index in [1.807, 2.05) is 13.8 Å². The third-order valence-corrected chi connectivity index (χ3v) is 3.79. The number of aliphatic hydroxyl groups excluding tert-OH is 1. The van der Waals surface area contributed by atoms with Crippen LogP contribution in [0.2, 0.25) is 0 Å². The van der Waals surface area contributed by atoms with Crippen LogP contribution in [0.4, 0.5) is 0 Å². The van der Waals surface area contributed by atoms with Crippen LogP contribution in [0.15, 0.2) is 18.2 Å². The highest BCUT2D eigenvalue weighted by Gasteiger charge is 2.26. The summed E-state index contributed by atoms with van der Waals surface area (Å²) in [5, 5.41) is 12.9. The third kappa shape index (κ3) is 4.13. The number of benzene rings is 1. The molecule has 1 aromatic carbocycles. The third-order valence-electron chi connectivity index (χ3n) is 3.79. The summed E-state index contributed by atoms with van der Waals surface area (Å²) < 4.78 is 11.2. The molecule has 0 aliphatic heterocycles. The van der Waals surface area contributed by atoms with Gasteiger partial charge in [0.1, 0.15) is 6.10 Å². The Morgan fingerprint density at radius 3 is 2.64 bits per heavy atom. The van der Waals surface area contributed by atoms with Gasteiger partial charge < -0.3 is 19.9 Å². The molecule has 0 saturated heterocycles. The van der Waals surface area contributed by atoms with Crippen molar-refractivity contribution in [1.29, 1.82) is 0 Å². The Labute approximate surface area is 131 Å². The van der Waals surface area contributed by atoms with Crippen molar-refractivity contribution >= 4 is 5.91 Å². The van der Waals surface area contributed by atoms with Gasteiger partial charge in [0, 0.05) is 11.6 Å². The molecule has 122 valence electrons. The van der Waals surface area contributed by atoms with Gasteiger partial charge in [0.2, 0.25) is 0 Å². The van der Waals surface area contributed by atoms with Crippen molar-refractivity contribution in [2.75, 3.05) is 7.11 Å². The molecule has 1 aromatic rings. The monoisotopic (exact) mass is 307 g/mol. The summed E-state index contributed by atoms with van der Waals surface area (Å²) in [5.74, 6) is 0.926. The molecule has 5 heteroatoms. The van der Waals surface area contributed by atoms with Gasteiger partial charge in [0.15, 0.2) is 11.5 Å². The zero-order chi connectivity index (χ0) is 16.1. The largest absolute Gasteiger partial charge is 0.493 e. The van der Waals surface area contributed by atoms with Crippen LogP contribution in [0.5, 0.6) is 11.5 Å². The summed E-state index contributed by atoms with van der Waals surface area (Å²) in [6.07, 6.45) is 2.91. The number of carbonyl (C=O) groups is 1. The van der Waals surface area contributed by atoms with E-state index in [2.05, 4.69) is 5.32 Å². The van der Waals surface area contributed by atoms with Gasteiger partial charge in [-0.3, -0.25) is 4.79 Å². The molecule has 1 amide bonds. The topological polar surface area (TPSA) is 67.8 Å². The molecule has 5 nitrogen and oxygen atoms in total. The van der Waals surface area contributed by atoms with Crippen molar-refractivity contribution in [2.24, 2.45) is 0 Å². The summed E-state index contributed by atoms with van der Waals surface area (Å²) >= 11 is 0. The number of methoxy groups -OCH3 is 1. The average molecular weight is 307 g/mol. The van der Waals surface area contributed by atoms with Crippen LogP contribution in [-0.2, 0) is 0 Å². The van der Waals surface area contributed by atoms with Crippen molar-refractivity contribution in [3.8, 4) is 11.5 Å². The molecule has 0 aromatic heterocycles. The zero-order valence-corrected chi connectivity index (χ0v) is 13.5. The first kappa shape index (κ1) is 16.6. The van der Waals surface area contributed by atoms with E-state index in [0.717, 1.165) is 25.7 Å². The lowest BCUT2D eigenvalue weighted by molar-refractivity contribution is 0.00565. The summed E-state index contributed by atoms with van der Waals surface area (Å²) in [6.45, 7) is 3.83. The molecule has 2 N–H and O–H groups in total. The molecule has 1 fully saturated rings. The smallest absolute Gasteiger partial charge is 0.251 e. The lowest BCUT2D eigenvalue weighted by Gasteiger charge is -2.28. The molecule has 0 radical (unpaired) electrons. The summed E-state index contributed by atoms with van der Waals surface area (Å²) in [5.41, 5.74) is 0.523. The first-order valence-corrected chi connectivity index (χ1v) is 7.85. The molecule has 0 bridgehead atoms. The van der Waals surface area contributed by atoms with Crippen molar-refractivity contribution < 1.29 is 19.4 Å². The lowest BCUT2D eigenvalue weighted by Crippen LogP contribution is -2.35. The molecular formula is C17H25NO4.